The molecule has 0 atom stereocenters. The zero-order chi connectivity index (χ0) is 27.6. The summed E-state index contributed by atoms with van der Waals surface area (Å²) < 4.78 is 162. The quantitative estimate of drug-likeness (QED) is 0.191. The van der Waals surface area contributed by atoms with Crippen molar-refractivity contribution in [2.24, 2.45) is 0 Å². The van der Waals surface area contributed by atoms with Crippen LogP contribution in [0.15, 0.2) is 54.6 Å². The molecule has 0 unspecified atom stereocenters. The molecule has 3 rings (SSSR count). The van der Waals surface area contributed by atoms with Gasteiger partial charge in [0.15, 0.2) is 0 Å². The summed E-state index contributed by atoms with van der Waals surface area (Å²) in [6.45, 7) is -1.79. The second-order valence-electron chi connectivity index (χ2n) is 8.04. The fourth-order valence-electron chi connectivity index (χ4n) is 3.94. The first-order valence-electron chi connectivity index (χ1n) is 10.4. The van der Waals surface area contributed by atoms with Crippen molar-refractivity contribution >= 4 is 23.1 Å². The van der Waals surface area contributed by atoms with Gasteiger partial charge in [0.1, 0.15) is 0 Å². The highest BCUT2D eigenvalue weighted by molar-refractivity contribution is 6.95. The third kappa shape index (κ3) is 6.61. The number of rotatable bonds is 9. The van der Waals surface area contributed by atoms with Crippen LogP contribution in [-0.2, 0) is 0 Å². The molecule has 37 heavy (non-hydrogen) atoms. The van der Waals surface area contributed by atoms with Gasteiger partial charge in [-0.25, -0.2) is 52.7 Å². The maximum Gasteiger partial charge on any atom is 0.263 e. The fourth-order valence-corrected chi connectivity index (χ4v) is 3.94. The van der Waals surface area contributed by atoms with Gasteiger partial charge in [-0.05, 0) is 18.2 Å². The highest BCUT2D eigenvalue weighted by atomic mass is 19.3. The molecule has 0 heterocycles. The van der Waals surface area contributed by atoms with E-state index < -0.39 is 95.0 Å². The van der Waals surface area contributed by atoms with Gasteiger partial charge in [-0.1, -0.05) is 52.8 Å². The summed E-state index contributed by atoms with van der Waals surface area (Å²) in [6, 6.07) is 5.34. The largest absolute Gasteiger partial charge is 0.263 e. The molecule has 0 saturated carbocycles. The van der Waals surface area contributed by atoms with E-state index in [1.807, 2.05) is 0 Å². The number of alkyl halides is 12. The van der Waals surface area contributed by atoms with Crippen molar-refractivity contribution < 1.29 is 52.7 Å². The van der Waals surface area contributed by atoms with Crippen molar-refractivity contribution in [1.82, 2.24) is 0 Å². The van der Waals surface area contributed by atoms with Crippen LogP contribution in [0.1, 0.15) is 71.9 Å². The van der Waals surface area contributed by atoms with Crippen molar-refractivity contribution in [3.63, 3.8) is 0 Å². The lowest BCUT2D eigenvalue weighted by Crippen LogP contribution is -2.53. The van der Waals surface area contributed by atoms with E-state index in [-0.39, 0.29) is 0 Å². The van der Waals surface area contributed by atoms with Gasteiger partial charge in [-0.3, -0.25) is 0 Å². The SMILES string of the molecule is FC(F)c1cc(B(c2cc(C(F)F)cc(C(F)F)c2)c2cc(C(F)F)cc(C(F)F)c2)cc(C(F)F)c1. The molecule has 0 bridgehead atoms. The van der Waals surface area contributed by atoms with E-state index in [2.05, 4.69) is 0 Å². The van der Waals surface area contributed by atoms with Crippen LogP contribution in [0.5, 0.6) is 0 Å². The molecule has 0 aliphatic carbocycles. The Hall–Kier alpha value is -3.12. The van der Waals surface area contributed by atoms with E-state index in [9.17, 15) is 52.7 Å². The smallest absolute Gasteiger partial charge is 0.205 e. The number of hydrogen-bond acceptors (Lipinski definition) is 0. The monoisotopic (exact) mass is 542 g/mol. The molecule has 0 fully saturated rings. The van der Waals surface area contributed by atoms with E-state index in [4.69, 9.17) is 0 Å². The summed E-state index contributed by atoms with van der Waals surface area (Å²) in [4.78, 5) is 0. The third-order valence-electron chi connectivity index (χ3n) is 5.51. The zero-order valence-electron chi connectivity index (χ0n) is 18.3. The lowest BCUT2D eigenvalue weighted by Gasteiger charge is -2.21. The van der Waals surface area contributed by atoms with E-state index in [0.717, 1.165) is 0 Å². The summed E-state index contributed by atoms with van der Waals surface area (Å²) in [7, 11) is 0. The van der Waals surface area contributed by atoms with Gasteiger partial charge in [-0.15, -0.1) is 0 Å². The van der Waals surface area contributed by atoms with Crippen LogP contribution in [0, 0.1) is 0 Å². The summed E-state index contributed by atoms with van der Waals surface area (Å²) in [5.74, 6) is 0. The van der Waals surface area contributed by atoms with Gasteiger partial charge in [0.25, 0.3) is 38.6 Å². The molecular formula is C24H15BF12. The molecule has 0 aliphatic rings. The first-order valence-corrected chi connectivity index (χ1v) is 10.4. The third-order valence-corrected chi connectivity index (χ3v) is 5.51. The predicted octanol–water partition coefficient (Wildman–Crippen LogP) is 7.83. The van der Waals surface area contributed by atoms with E-state index in [1.54, 1.807) is 0 Å². The first kappa shape index (κ1) is 28.5. The Morgan fingerprint density at radius 2 is 0.459 bits per heavy atom. The molecule has 198 valence electrons. The Balaban J connectivity index is 2.43. The number of benzene rings is 3. The fraction of sp³-hybridized carbons (Fsp3) is 0.250. The lowest BCUT2D eigenvalue weighted by molar-refractivity contribution is 0.143. The van der Waals surface area contributed by atoms with Gasteiger partial charge >= 0.3 is 0 Å². The Morgan fingerprint density at radius 3 is 0.595 bits per heavy atom. The van der Waals surface area contributed by atoms with Gasteiger partial charge in [-0.2, -0.15) is 0 Å². The Morgan fingerprint density at radius 1 is 0.297 bits per heavy atom. The number of hydrogen-bond donors (Lipinski definition) is 0. The Bertz CT molecular complexity index is 997. The van der Waals surface area contributed by atoms with Gasteiger partial charge < -0.3 is 0 Å². The normalized spacial score (nSPS) is 12.2. The van der Waals surface area contributed by atoms with Crippen molar-refractivity contribution in [2.75, 3.05) is 0 Å². The first-order chi connectivity index (χ1) is 17.3. The molecule has 3 aromatic carbocycles. The van der Waals surface area contributed by atoms with Gasteiger partial charge in [0.2, 0.25) is 6.71 Å². The standard InChI is InChI=1S/C24H15BF12/c26-19(27)10-1-11(20(28)29)5-16(4-10)25(17-6-12(21(30)31)2-13(7-17)22(32)33)18-8-14(23(34)35)3-15(9-18)24(36)37/h1-9,19-24H. The molecule has 0 aliphatic heterocycles. The minimum Gasteiger partial charge on any atom is -0.205 e. The summed E-state index contributed by atoms with van der Waals surface area (Å²) in [6.07, 6.45) is -19.9. The van der Waals surface area contributed by atoms with Crippen LogP contribution in [0.25, 0.3) is 0 Å². The maximum absolute atomic E-state index is 13.5. The van der Waals surface area contributed by atoms with E-state index in [1.165, 1.54) is 0 Å². The molecular weight excluding hydrogens is 527 g/mol. The van der Waals surface area contributed by atoms with Crippen LogP contribution in [0.4, 0.5) is 52.7 Å². The topological polar surface area (TPSA) is 0 Å². The second kappa shape index (κ2) is 11.5. The molecule has 0 radical (unpaired) electrons. The van der Waals surface area contributed by atoms with Crippen LogP contribution in [-0.4, -0.2) is 6.71 Å². The summed E-state index contributed by atoms with van der Waals surface area (Å²) in [5.41, 5.74) is -7.30. The van der Waals surface area contributed by atoms with Crippen LogP contribution < -0.4 is 16.4 Å². The summed E-state index contributed by atoms with van der Waals surface area (Å²) >= 11 is 0. The highest BCUT2D eigenvalue weighted by Crippen LogP contribution is 2.28. The van der Waals surface area contributed by atoms with E-state index in [0.29, 0.717) is 54.6 Å². The van der Waals surface area contributed by atoms with E-state index >= 15 is 0 Å². The van der Waals surface area contributed by atoms with Gasteiger partial charge in [0.05, 0.1) is 0 Å². The molecule has 0 N–H and O–H groups in total. The zero-order valence-corrected chi connectivity index (χ0v) is 18.3. The molecule has 13 heteroatoms. The second-order valence-corrected chi connectivity index (χ2v) is 8.04. The van der Waals surface area contributed by atoms with Crippen molar-refractivity contribution in [2.45, 2.75) is 38.6 Å². The molecule has 0 saturated heterocycles. The van der Waals surface area contributed by atoms with Crippen LogP contribution in [0.3, 0.4) is 0 Å². The molecule has 0 amide bonds. The van der Waals surface area contributed by atoms with Crippen molar-refractivity contribution in [1.29, 1.82) is 0 Å². The Labute approximate surface area is 203 Å². The molecule has 0 aromatic heterocycles. The molecule has 0 spiro atoms. The van der Waals surface area contributed by atoms with Crippen molar-refractivity contribution in [3.05, 3.63) is 88.0 Å². The molecule has 3 aromatic rings. The van der Waals surface area contributed by atoms with Crippen LogP contribution in [0.2, 0.25) is 0 Å². The average molecular weight is 542 g/mol. The maximum atomic E-state index is 13.5. The highest BCUT2D eigenvalue weighted by Gasteiger charge is 2.30. The predicted molar refractivity (Wildman–Crippen MR) is 114 cm³/mol. The van der Waals surface area contributed by atoms with Crippen molar-refractivity contribution in [3.8, 4) is 0 Å². The Kier molecular flexibility index (Phi) is 8.86. The van der Waals surface area contributed by atoms with Crippen LogP contribution >= 0.6 is 0 Å². The lowest BCUT2D eigenvalue weighted by atomic mass is 9.36. The van der Waals surface area contributed by atoms with Gasteiger partial charge in [0, 0.05) is 33.4 Å². The minimum atomic E-state index is -3.31. The number of halogens is 12. The average Bonchev–Trinajstić information content (AvgIpc) is 2.83. The minimum absolute atomic E-state index is 0.455. The molecule has 0 nitrogen and oxygen atoms in total. The summed E-state index contributed by atoms with van der Waals surface area (Å²) in [5, 5.41) is 0.